The van der Waals surface area contributed by atoms with Crippen molar-refractivity contribution in [1.29, 1.82) is 0 Å². The van der Waals surface area contributed by atoms with E-state index >= 15 is 0 Å². The van der Waals surface area contributed by atoms with Crippen molar-refractivity contribution < 1.29 is 19.3 Å². The Bertz CT molecular complexity index is 1170. The Morgan fingerprint density at radius 2 is 1.78 bits per heavy atom. The van der Waals surface area contributed by atoms with Gasteiger partial charge >= 0.3 is 5.69 Å². The quantitative estimate of drug-likeness (QED) is 0.461. The fourth-order valence-corrected chi connectivity index (χ4v) is 3.59. The molecule has 0 aliphatic heterocycles. The molecule has 0 saturated carbocycles. The van der Waals surface area contributed by atoms with Crippen LogP contribution in [0.2, 0.25) is 0 Å². The van der Waals surface area contributed by atoms with E-state index < -0.39 is 23.2 Å². The summed E-state index contributed by atoms with van der Waals surface area (Å²) in [6.45, 7) is 3.95. The molecular weight excluding hydrogens is 419 g/mol. The van der Waals surface area contributed by atoms with Crippen LogP contribution in [0.5, 0.6) is 5.75 Å². The van der Waals surface area contributed by atoms with Crippen molar-refractivity contribution in [1.82, 2.24) is 18.7 Å². The lowest BCUT2D eigenvalue weighted by Crippen LogP contribution is -2.44. The van der Waals surface area contributed by atoms with E-state index in [0.717, 1.165) is 11.0 Å². The van der Waals surface area contributed by atoms with Crippen LogP contribution in [0, 0.1) is 5.82 Å². The summed E-state index contributed by atoms with van der Waals surface area (Å²) in [6.07, 6.45) is 1.10. The fraction of sp³-hybridized carbons (Fsp3) is 0.500. The number of aliphatic hydroxyl groups is 2. The van der Waals surface area contributed by atoms with Crippen LogP contribution in [-0.2, 0) is 26.2 Å². The van der Waals surface area contributed by atoms with E-state index in [9.17, 15) is 24.2 Å². The van der Waals surface area contributed by atoms with Gasteiger partial charge in [0.15, 0.2) is 11.2 Å². The molecule has 174 valence electrons. The highest BCUT2D eigenvalue weighted by Gasteiger charge is 2.22. The second kappa shape index (κ2) is 10.6. The van der Waals surface area contributed by atoms with Gasteiger partial charge in [-0.2, -0.15) is 0 Å². The molecule has 2 heterocycles. The largest absolute Gasteiger partial charge is 0.491 e. The Morgan fingerprint density at radius 3 is 2.41 bits per heavy atom. The number of ether oxygens (including phenoxy) is 1. The number of unbranched alkanes of at least 4 members (excludes halogenated alkanes) is 1. The number of aliphatic hydroxyl groups excluding tert-OH is 2. The van der Waals surface area contributed by atoms with Crippen LogP contribution >= 0.6 is 0 Å². The number of benzene rings is 1. The lowest BCUT2D eigenvalue weighted by molar-refractivity contribution is 0.0901. The molecule has 0 radical (unpaired) electrons. The zero-order valence-electron chi connectivity index (χ0n) is 18.3. The van der Waals surface area contributed by atoms with Gasteiger partial charge < -0.3 is 19.5 Å². The molecule has 0 aliphatic carbocycles. The minimum Gasteiger partial charge on any atom is -0.491 e. The Balaban J connectivity index is 1.99. The average Bonchev–Trinajstić information content (AvgIpc) is 3.15. The molecule has 0 bridgehead atoms. The van der Waals surface area contributed by atoms with Gasteiger partial charge in [0.05, 0.1) is 6.54 Å². The molecular formula is C22H29FN4O5. The predicted octanol–water partition coefficient (Wildman–Crippen LogP) is 1.64. The zero-order chi connectivity index (χ0) is 23.3. The topological polar surface area (TPSA) is 112 Å². The second-order valence-electron chi connectivity index (χ2n) is 7.63. The molecule has 0 spiro atoms. The van der Waals surface area contributed by atoms with Crippen LogP contribution in [0.1, 0.15) is 38.9 Å². The lowest BCUT2D eigenvalue weighted by Gasteiger charge is -2.16. The lowest BCUT2D eigenvalue weighted by atomic mass is 10.3. The minimum atomic E-state index is -1.15. The Hall–Kier alpha value is -2.98. The van der Waals surface area contributed by atoms with Gasteiger partial charge in [0.25, 0.3) is 5.56 Å². The molecule has 0 fully saturated rings. The van der Waals surface area contributed by atoms with Crippen LogP contribution in [0.15, 0.2) is 33.9 Å². The number of aryl methyl sites for hydroxylation is 2. The number of imidazole rings is 1. The third-order valence-corrected chi connectivity index (χ3v) is 5.17. The van der Waals surface area contributed by atoms with Crippen molar-refractivity contribution >= 4 is 11.2 Å². The van der Waals surface area contributed by atoms with Gasteiger partial charge in [-0.15, -0.1) is 0 Å². The van der Waals surface area contributed by atoms with Crippen molar-refractivity contribution in [3.63, 3.8) is 0 Å². The minimum absolute atomic E-state index is 0.180. The van der Waals surface area contributed by atoms with Gasteiger partial charge in [-0.3, -0.25) is 13.9 Å². The van der Waals surface area contributed by atoms with E-state index in [-0.39, 0.29) is 30.9 Å². The summed E-state index contributed by atoms with van der Waals surface area (Å²) in [5, 5.41) is 20.2. The van der Waals surface area contributed by atoms with E-state index in [0.29, 0.717) is 37.5 Å². The first-order valence-electron chi connectivity index (χ1n) is 10.8. The van der Waals surface area contributed by atoms with E-state index in [4.69, 9.17) is 4.74 Å². The van der Waals surface area contributed by atoms with Crippen molar-refractivity contribution in [2.24, 2.45) is 0 Å². The summed E-state index contributed by atoms with van der Waals surface area (Å²) in [5.41, 5.74) is -0.654. The molecule has 3 aromatic rings. The molecule has 9 nitrogen and oxygen atoms in total. The number of rotatable bonds is 11. The first-order chi connectivity index (χ1) is 15.4. The number of hydrogen-bond acceptors (Lipinski definition) is 6. The van der Waals surface area contributed by atoms with Gasteiger partial charge in [-0.05, 0) is 37.1 Å². The van der Waals surface area contributed by atoms with Crippen molar-refractivity contribution in [2.45, 2.75) is 65.5 Å². The summed E-state index contributed by atoms with van der Waals surface area (Å²) in [7, 11) is 0. The molecule has 2 N–H and O–H groups in total. The highest BCUT2D eigenvalue weighted by atomic mass is 19.1. The van der Waals surface area contributed by atoms with Crippen LogP contribution in [0.4, 0.5) is 4.39 Å². The molecule has 1 unspecified atom stereocenters. The maximum Gasteiger partial charge on any atom is 0.332 e. The summed E-state index contributed by atoms with van der Waals surface area (Å²) in [4.78, 5) is 30.8. The smallest absolute Gasteiger partial charge is 0.332 e. The summed E-state index contributed by atoms with van der Waals surface area (Å²) >= 11 is 0. The summed E-state index contributed by atoms with van der Waals surface area (Å²) in [5.74, 6) is 0.278. The molecule has 1 aromatic carbocycles. The number of fused-ring (bicyclic) bond motifs is 1. The second-order valence-corrected chi connectivity index (χ2v) is 7.63. The summed E-state index contributed by atoms with van der Waals surface area (Å²) in [6, 6.07) is 5.33. The molecule has 10 heteroatoms. The van der Waals surface area contributed by atoms with Gasteiger partial charge in [-0.25, -0.2) is 14.2 Å². The van der Waals surface area contributed by atoms with Crippen LogP contribution in [0.3, 0.4) is 0 Å². The maximum absolute atomic E-state index is 13.3. The van der Waals surface area contributed by atoms with Crippen molar-refractivity contribution in [3.05, 3.63) is 56.7 Å². The molecule has 32 heavy (non-hydrogen) atoms. The monoisotopic (exact) mass is 448 g/mol. The predicted molar refractivity (Wildman–Crippen MR) is 117 cm³/mol. The first kappa shape index (κ1) is 23.7. The Labute approximate surface area is 184 Å². The molecule has 1 atom stereocenters. The standard InChI is InChI=1S/C22H29FN4O5/c1-3-5-11-26-20-19(25(10-4-2)18(13-28)24-20)21(30)27(22(26)31)12-16(29)14-32-17-8-6-15(23)7-9-17/h6-9,16,28-29H,3-5,10-14H2,1-2H3. The number of nitrogens with zero attached hydrogens (tertiary/aromatic N) is 4. The van der Waals surface area contributed by atoms with Crippen LogP contribution in [-0.4, -0.2) is 41.6 Å². The van der Waals surface area contributed by atoms with Crippen LogP contribution < -0.4 is 16.0 Å². The van der Waals surface area contributed by atoms with E-state index in [1.54, 1.807) is 4.57 Å². The molecule has 0 aliphatic rings. The van der Waals surface area contributed by atoms with Crippen molar-refractivity contribution in [2.75, 3.05) is 6.61 Å². The van der Waals surface area contributed by atoms with Gasteiger partial charge in [0.1, 0.15) is 36.7 Å². The zero-order valence-corrected chi connectivity index (χ0v) is 18.3. The maximum atomic E-state index is 13.3. The van der Waals surface area contributed by atoms with E-state index in [1.807, 2.05) is 13.8 Å². The Kier molecular flexibility index (Phi) is 7.81. The normalized spacial score (nSPS) is 12.4. The SMILES string of the molecule is CCCCn1c(=O)n(CC(O)COc2ccc(F)cc2)c(=O)c2c1nc(CO)n2CCC. The summed E-state index contributed by atoms with van der Waals surface area (Å²) < 4.78 is 22.5. The number of aromatic nitrogens is 4. The average molecular weight is 448 g/mol. The van der Waals surface area contributed by atoms with Crippen LogP contribution in [0.25, 0.3) is 11.2 Å². The number of halogens is 1. The van der Waals surface area contributed by atoms with Gasteiger partial charge in [-0.1, -0.05) is 20.3 Å². The third-order valence-electron chi connectivity index (χ3n) is 5.17. The highest BCUT2D eigenvalue weighted by Crippen LogP contribution is 2.14. The first-order valence-corrected chi connectivity index (χ1v) is 10.8. The molecule has 0 saturated heterocycles. The molecule has 0 amide bonds. The van der Waals surface area contributed by atoms with E-state index in [2.05, 4.69) is 4.98 Å². The van der Waals surface area contributed by atoms with Gasteiger partial charge in [0.2, 0.25) is 0 Å². The fourth-order valence-electron chi connectivity index (χ4n) is 3.59. The van der Waals surface area contributed by atoms with Gasteiger partial charge in [0, 0.05) is 13.1 Å². The number of hydrogen-bond donors (Lipinski definition) is 2. The molecule has 2 aromatic heterocycles. The molecule has 3 rings (SSSR count). The third kappa shape index (κ3) is 4.91. The van der Waals surface area contributed by atoms with E-state index in [1.165, 1.54) is 28.8 Å². The Morgan fingerprint density at radius 1 is 1.06 bits per heavy atom. The van der Waals surface area contributed by atoms with Crippen molar-refractivity contribution in [3.8, 4) is 5.75 Å². The highest BCUT2D eigenvalue weighted by molar-refractivity contribution is 5.71.